The Morgan fingerprint density at radius 1 is 1.05 bits per heavy atom. The first-order valence-corrected chi connectivity index (χ1v) is 7.85. The first kappa shape index (κ1) is 15.9. The molecule has 0 heterocycles. The van der Waals surface area contributed by atoms with Gasteiger partial charge in [0, 0.05) is 29.8 Å². The summed E-state index contributed by atoms with van der Waals surface area (Å²) in [5.74, 6) is 0. The molecule has 21 heavy (non-hydrogen) atoms. The third kappa shape index (κ3) is 4.48. The van der Waals surface area contributed by atoms with Gasteiger partial charge in [0.2, 0.25) is 0 Å². The van der Waals surface area contributed by atoms with Crippen LogP contribution < -0.4 is 10.2 Å². The van der Waals surface area contributed by atoms with E-state index in [1.165, 1.54) is 11.3 Å². The lowest BCUT2D eigenvalue weighted by atomic mass is 10.0. The van der Waals surface area contributed by atoms with E-state index in [0.29, 0.717) is 6.04 Å². The lowest BCUT2D eigenvalue weighted by Gasteiger charge is -2.26. The van der Waals surface area contributed by atoms with Crippen LogP contribution in [-0.2, 0) is 0 Å². The summed E-state index contributed by atoms with van der Waals surface area (Å²) in [5, 5.41) is 4.18. The topological polar surface area (TPSA) is 15.3 Å². The molecule has 0 aliphatic carbocycles. The predicted octanol–water partition coefficient (Wildman–Crippen LogP) is 4.52. The Morgan fingerprint density at radius 3 is 2.29 bits per heavy atom. The van der Waals surface area contributed by atoms with Crippen molar-refractivity contribution in [2.24, 2.45) is 0 Å². The molecular weight excluding hydrogens is 280 g/mol. The van der Waals surface area contributed by atoms with Crippen LogP contribution in [-0.4, -0.2) is 20.1 Å². The number of nitrogens with zero attached hydrogens (tertiary/aromatic N) is 1. The van der Waals surface area contributed by atoms with Gasteiger partial charge in [0.1, 0.15) is 0 Å². The van der Waals surface area contributed by atoms with E-state index >= 15 is 0 Å². The fourth-order valence-electron chi connectivity index (χ4n) is 2.57. The normalized spacial score (nSPS) is 12.1. The van der Waals surface area contributed by atoms with Gasteiger partial charge in [-0.15, -0.1) is 0 Å². The molecule has 1 N–H and O–H groups in total. The minimum Gasteiger partial charge on any atom is -0.372 e. The average Bonchev–Trinajstić information content (AvgIpc) is 2.54. The molecule has 0 aliphatic rings. The van der Waals surface area contributed by atoms with Crippen molar-refractivity contribution < 1.29 is 0 Å². The predicted molar refractivity (Wildman–Crippen MR) is 92.2 cm³/mol. The number of hydrogen-bond donors (Lipinski definition) is 1. The monoisotopic (exact) mass is 302 g/mol. The van der Waals surface area contributed by atoms with Crippen molar-refractivity contribution in [2.75, 3.05) is 25.0 Å². The Bertz CT molecular complexity index is 525. The SMILES string of the molecule is CCN(CCC(NC)c1ccc(Cl)cc1)c1ccccc1. The van der Waals surface area contributed by atoms with Crippen LogP contribution in [0.1, 0.15) is 24.9 Å². The molecule has 0 amide bonds. The molecule has 2 aromatic carbocycles. The van der Waals surface area contributed by atoms with Crippen LogP contribution in [0.25, 0.3) is 0 Å². The van der Waals surface area contributed by atoms with E-state index in [9.17, 15) is 0 Å². The Kier molecular flexibility index (Phi) is 6.09. The maximum Gasteiger partial charge on any atom is 0.0406 e. The van der Waals surface area contributed by atoms with Gasteiger partial charge < -0.3 is 10.2 Å². The molecule has 0 aromatic heterocycles. The largest absolute Gasteiger partial charge is 0.372 e. The zero-order valence-corrected chi connectivity index (χ0v) is 13.5. The van der Waals surface area contributed by atoms with Crippen LogP contribution in [0.3, 0.4) is 0 Å². The lowest BCUT2D eigenvalue weighted by Crippen LogP contribution is -2.28. The van der Waals surface area contributed by atoms with Crippen LogP contribution in [0.5, 0.6) is 0 Å². The summed E-state index contributed by atoms with van der Waals surface area (Å²) in [6.45, 7) is 4.24. The first-order chi connectivity index (χ1) is 10.2. The summed E-state index contributed by atoms with van der Waals surface area (Å²) in [7, 11) is 2.01. The smallest absolute Gasteiger partial charge is 0.0406 e. The van der Waals surface area contributed by atoms with Gasteiger partial charge in [-0.1, -0.05) is 41.9 Å². The van der Waals surface area contributed by atoms with Gasteiger partial charge in [0.15, 0.2) is 0 Å². The molecule has 0 saturated carbocycles. The van der Waals surface area contributed by atoms with Crippen molar-refractivity contribution >= 4 is 17.3 Å². The molecule has 1 atom stereocenters. The van der Waals surface area contributed by atoms with E-state index in [1.54, 1.807) is 0 Å². The number of para-hydroxylation sites is 1. The molecule has 0 spiro atoms. The van der Waals surface area contributed by atoms with E-state index < -0.39 is 0 Å². The number of nitrogens with one attached hydrogen (secondary N) is 1. The highest BCUT2D eigenvalue weighted by Gasteiger charge is 2.11. The van der Waals surface area contributed by atoms with E-state index in [-0.39, 0.29) is 0 Å². The minimum absolute atomic E-state index is 0.347. The highest BCUT2D eigenvalue weighted by molar-refractivity contribution is 6.30. The first-order valence-electron chi connectivity index (χ1n) is 7.47. The van der Waals surface area contributed by atoms with Crippen molar-refractivity contribution in [3.8, 4) is 0 Å². The number of rotatable bonds is 7. The zero-order valence-electron chi connectivity index (χ0n) is 12.7. The molecule has 0 saturated heterocycles. The number of halogens is 1. The van der Waals surface area contributed by atoms with E-state index in [4.69, 9.17) is 11.6 Å². The Hall–Kier alpha value is -1.51. The maximum atomic E-state index is 5.96. The third-order valence-corrected chi connectivity index (χ3v) is 4.06. The van der Waals surface area contributed by atoms with Crippen LogP contribution in [0.15, 0.2) is 54.6 Å². The zero-order chi connectivity index (χ0) is 15.1. The van der Waals surface area contributed by atoms with Crippen molar-refractivity contribution in [1.82, 2.24) is 5.32 Å². The van der Waals surface area contributed by atoms with Gasteiger partial charge in [0.05, 0.1) is 0 Å². The summed E-state index contributed by atoms with van der Waals surface area (Å²) < 4.78 is 0. The highest BCUT2D eigenvalue weighted by Crippen LogP contribution is 2.21. The number of anilines is 1. The summed E-state index contributed by atoms with van der Waals surface area (Å²) in [4.78, 5) is 2.40. The molecule has 112 valence electrons. The molecule has 0 aliphatic heterocycles. The molecule has 0 bridgehead atoms. The molecular formula is C18H23ClN2. The molecule has 0 radical (unpaired) electrons. The van der Waals surface area contributed by atoms with Gasteiger partial charge in [-0.2, -0.15) is 0 Å². The fraction of sp³-hybridized carbons (Fsp3) is 0.333. The lowest BCUT2D eigenvalue weighted by molar-refractivity contribution is 0.544. The molecule has 0 fully saturated rings. The van der Waals surface area contributed by atoms with Crippen LogP contribution in [0.2, 0.25) is 5.02 Å². The van der Waals surface area contributed by atoms with Crippen molar-refractivity contribution in [3.05, 3.63) is 65.2 Å². The summed E-state index contributed by atoms with van der Waals surface area (Å²) in [6, 6.07) is 19.0. The van der Waals surface area contributed by atoms with Gasteiger partial charge >= 0.3 is 0 Å². The standard InChI is InChI=1S/C18H23ClN2/c1-3-21(17-7-5-4-6-8-17)14-13-18(20-2)15-9-11-16(19)12-10-15/h4-12,18,20H,3,13-14H2,1-2H3. The summed E-state index contributed by atoms with van der Waals surface area (Å²) >= 11 is 5.96. The van der Waals surface area contributed by atoms with E-state index in [1.807, 2.05) is 19.2 Å². The average molecular weight is 303 g/mol. The summed E-state index contributed by atoms with van der Waals surface area (Å²) in [5.41, 5.74) is 2.57. The van der Waals surface area contributed by atoms with Crippen LogP contribution >= 0.6 is 11.6 Å². The maximum absolute atomic E-state index is 5.96. The molecule has 2 nitrogen and oxygen atoms in total. The second-order valence-electron chi connectivity index (χ2n) is 5.10. The Labute approximate surface area is 132 Å². The van der Waals surface area contributed by atoms with Gasteiger partial charge in [-0.25, -0.2) is 0 Å². The van der Waals surface area contributed by atoms with Crippen molar-refractivity contribution in [1.29, 1.82) is 0 Å². The highest BCUT2D eigenvalue weighted by atomic mass is 35.5. The van der Waals surface area contributed by atoms with E-state index in [0.717, 1.165) is 24.5 Å². The number of hydrogen-bond acceptors (Lipinski definition) is 2. The van der Waals surface area contributed by atoms with Crippen LogP contribution in [0, 0.1) is 0 Å². The third-order valence-electron chi connectivity index (χ3n) is 3.81. The van der Waals surface area contributed by atoms with Gasteiger partial charge in [-0.3, -0.25) is 0 Å². The second kappa shape index (κ2) is 8.06. The fourth-order valence-corrected chi connectivity index (χ4v) is 2.69. The second-order valence-corrected chi connectivity index (χ2v) is 5.53. The van der Waals surface area contributed by atoms with Crippen LogP contribution in [0.4, 0.5) is 5.69 Å². The summed E-state index contributed by atoms with van der Waals surface area (Å²) in [6.07, 6.45) is 1.06. The Balaban J connectivity index is 2.00. The molecule has 2 aromatic rings. The van der Waals surface area contributed by atoms with Gasteiger partial charge in [0.25, 0.3) is 0 Å². The van der Waals surface area contributed by atoms with Crippen molar-refractivity contribution in [3.63, 3.8) is 0 Å². The van der Waals surface area contributed by atoms with Crippen molar-refractivity contribution in [2.45, 2.75) is 19.4 Å². The molecule has 1 unspecified atom stereocenters. The number of benzene rings is 2. The molecule has 2 rings (SSSR count). The minimum atomic E-state index is 0.347. The van der Waals surface area contributed by atoms with Gasteiger partial charge in [-0.05, 0) is 50.2 Å². The molecule has 3 heteroatoms. The Morgan fingerprint density at radius 2 is 1.71 bits per heavy atom. The van der Waals surface area contributed by atoms with E-state index in [2.05, 4.69) is 59.6 Å². The quantitative estimate of drug-likeness (QED) is 0.809.